The first-order valence-corrected chi connectivity index (χ1v) is 7.43. The number of carboxylic acids is 1. The number of hydrogen-bond donors (Lipinski definition) is 3. The third-order valence-corrected chi connectivity index (χ3v) is 4.30. The van der Waals surface area contributed by atoms with Crippen LogP contribution in [0, 0.1) is 0 Å². The molecule has 1 rings (SSSR count). The number of aliphatic hydroxyl groups excluding tert-OH is 1. The minimum atomic E-state index is -1.20. The van der Waals surface area contributed by atoms with E-state index in [2.05, 4.69) is 5.32 Å². The van der Waals surface area contributed by atoms with Gasteiger partial charge in [-0.1, -0.05) is 13.8 Å². The largest absolute Gasteiger partial charge is 0.480 e. The van der Waals surface area contributed by atoms with E-state index in [9.17, 15) is 14.7 Å². The summed E-state index contributed by atoms with van der Waals surface area (Å²) >= 11 is 0. The van der Waals surface area contributed by atoms with Crippen LogP contribution >= 0.6 is 0 Å². The molecule has 6 heteroatoms. The summed E-state index contributed by atoms with van der Waals surface area (Å²) < 4.78 is 0. The van der Waals surface area contributed by atoms with Gasteiger partial charge in [0.05, 0.1) is 0 Å². The summed E-state index contributed by atoms with van der Waals surface area (Å²) in [6, 6.07) is -0.143. The predicted molar refractivity (Wildman–Crippen MR) is 75.5 cm³/mol. The maximum Gasteiger partial charge on any atom is 0.329 e. The van der Waals surface area contributed by atoms with Crippen LogP contribution in [0.15, 0.2) is 0 Å². The van der Waals surface area contributed by atoms with Crippen LogP contribution in [0.25, 0.3) is 0 Å². The number of urea groups is 1. The molecule has 1 aliphatic rings. The molecule has 0 aromatic heterocycles. The highest BCUT2D eigenvalue weighted by Crippen LogP contribution is 2.26. The standard InChI is InChI=1S/C14H26N2O4/c1-3-14(4-2,12(18)19)15-13(20)16(9-6-10-17)11-7-5-8-11/h11,17H,3-10H2,1-2H3,(H,15,20)(H,18,19). The first-order valence-electron chi connectivity index (χ1n) is 7.43. The first-order chi connectivity index (χ1) is 9.50. The van der Waals surface area contributed by atoms with Gasteiger partial charge in [0.15, 0.2) is 0 Å². The van der Waals surface area contributed by atoms with Crippen molar-refractivity contribution in [3.8, 4) is 0 Å². The highest BCUT2D eigenvalue weighted by molar-refractivity contribution is 5.86. The van der Waals surface area contributed by atoms with Crippen LogP contribution in [0.2, 0.25) is 0 Å². The Morgan fingerprint density at radius 3 is 2.25 bits per heavy atom. The second-order valence-electron chi connectivity index (χ2n) is 5.38. The van der Waals surface area contributed by atoms with Crippen LogP contribution in [-0.4, -0.2) is 51.8 Å². The lowest BCUT2D eigenvalue weighted by Gasteiger charge is -2.40. The van der Waals surface area contributed by atoms with Gasteiger partial charge in [0.1, 0.15) is 5.54 Å². The quantitative estimate of drug-likeness (QED) is 0.632. The van der Waals surface area contributed by atoms with Crippen molar-refractivity contribution < 1.29 is 19.8 Å². The smallest absolute Gasteiger partial charge is 0.329 e. The minimum absolute atomic E-state index is 0.0299. The van der Waals surface area contributed by atoms with Crippen LogP contribution in [-0.2, 0) is 4.79 Å². The third-order valence-electron chi connectivity index (χ3n) is 4.30. The Hall–Kier alpha value is -1.30. The molecular weight excluding hydrogens is 260 g/mol. The highest BCUT2D eigenvalue weighted by Gasteiger charge is 2.39. The second kappa shape index (κ2) is 7.47. The van der Waals surface area contributed by atoms with E-state index < -0.39 is 11.5 Å². The normalized spacial score (nSPS) is 15.6. The van der Waals surface area contributed by atoms with Crippen molar-refractivity contribution in [2.75, 3.05) is 13.2 Å². The molecule has 0 radical (unpaired) electrons. The molecule has 1 fully saturated rings. The lowest BCUT2D eigenvalue weighted by atomic mass is 9.90. The number of hydrogen-bond acceptors (Lipinski definition) is 3. The van der Waals surface area contributed by atoms with Crippen LogP contribution in [0.4, 0.5) is 4.79 Å². The zero-order chi connectivity index (χ0) is 15.2. The number of aliphatic hydroxyl groups is 1. The fraction of sp³-hybridized carbons (Fsp3) is 0.857. The number of aliphatic carboxylic acids is 1. The zero-order valence-electron chi connectivity index (χ0n) is 12.4. The Morgan fingerprint density at radius 2 is 1.90 bits per heavy atom. The Labute approximate surface area is 120 Å². The summed E-state index contributed by atoms with van der Waals surface area (Å²) in [5.74, 6) is -0.994. The molecule has 0 aromatic carbocycles. The van der Waals surface area contributed by atoms with Gasteiger partial charge in [0.25, 0.3) is 0 Å². The van der Waals surface area contributed by atoms with Gasteiger partial charge in [0, 0.05) is 19.2 Å². The fourth-order valence-corrected chi connectivity index (χ4v) is 2.45. The van der Waals surface area contributed by atoms with Crippen molar-refractivity contribution in [2.24, 2.45) is 0 Å². The number of carbonyl (C=O) groups excluding carboxylic acids is 1. The van der Waals surface area contributed by atoms with Crippen molar-refractivity contribution in [1.29, 1.82) is 0 Å². The minimum Gasteiger partial charge on any atom is -0.480 e. The number of nitrogens with zero attached hydrogens (tertiary/aromatic N) is 1. The molecule has 2 amide bonds. The lowest BCUT2D eigenvalue weighted by Crippen LogP contribution is -2.59. The average molecular weight is 286 g/mol. The van der Waals surface area contributed by atoms with E-state index in [0.717, 1.165) is 19.3 Å². The van der Waals surface area contributed by atoms with E-state index in [1.165, 1.54) is 0 Å². The Bertz CT molecular complexity index is 338. The van der Waals surface area contributed by atoms with Gasteiger partial charge in [-0.25, -0.2) is 9.59 Å². The van der Waals surface area contributed by atoms with Crippen LogP contribution in [0.3, 0.4) is 0 Å². The van der Waals surface area contributed by atoms with E-state index in [1.54, 1.807) is 18.7 Å². The molecule has 0 unspecified atom stereocenters. The summed E-state index contributed by atoms with van der Waals surface area (Å²) in [4.78, 5) is 25.5. The summed E-state index contributed by atoms with van der Waals surface area (Å²) in [5.41, 5.74) is -1.20. The van der Waals surface area contributed by atoms with Gasteiger partial charge in [0.2, 0.25) is 0 Å². The summed E-state index contributed by atoms with van der Waals surface area (Å²) in [7, 11) is 0. The number of nitrogens with one attached hydrogen (secondary N) is 1. The molecule has 0 spiro atoms. The number of rotatable bonds is 8. The number of carbonyl (C=O) groups is 2. The molecule has 1 saturated carbocycles. The maximum absolute atomic E-state index is 12.4. The van der Waals surface area contributed by atoms with E-state index in [0.29, 0.717) is 25.8 Å². The Kier molecular flexibility index (Phi) is 6.26. The molecule has 116 valence electrons. The molecule has 0 bridgehead atoms. The maximum atomic E-state index is 12.4. The first kappa shape index (κ1) is 16.8. The van der Waals surface area contributed by atoms with Crippen LogP contribution < -0.4 is 5.32 Å². The Morgan fingerprint density at radius 1 is 1.30 bits per heavy atom. The molecular formula is C14H26N2O4. The molecule has 0 saturated heterocycles. The summed E-state index contributed by atoms with van der Waals surface area (Å²) in [6.45, 7) is 4.02. The average Bonchev–Trinajstić information content (AvgIpc) is 2.37. The number of amides is 2. The van der Waals surface area contributed by atoms with Gasteiger partial charge >= 0.3 is 12.0 Å². The van der Waals surface area contributed by atoms with Gasteiger partial charge < -0.3 is 20.4 Å². The lowest BCUT2D eigenvalue weighted by molar-refractivity contribution is -0.144. The van der Waals surface area contributed by atoms with Crippen molar-refractivity contribution >= 4 is 12.0 Å². The molecule has 6 nitrogen and oxygen atoms in total. The Balaban J connectivity index is 2.75. The predicted octanol–water partition coefficient (Wildman–Crippen LogP) is 1.58. The van der Waals surface area contributed by atoms with Gasteiger partial charge in [-0.2, -0.15) is 0 Å². The topological polar surface area (TPSA) is 89.9 Å². The van der Waals surface area contributed by atoms with Gasteiger partial charge in [-0.05, 0) is 38.5 Å². The van der Waals surface area contributed by atoms with Crippen LogP contribution in [0.5, 0.6) is 0 Å². The summed E-state index contributed by atoms with van der Waals surface area (Å²) in [5, 5.41) is 21.0. The third kappa shape index (κ3) is 3.62. The summed E-state index contributed by atoms with van der Waals surface area (Å²) in [6.07, 6.45) is 4.22. The fourth-order valence-electron chi connectivity index (χ4n) is 2.45. The molecule has 0 aromatic rings. The second-order valence-corrected chi connectivity index (χ2v) is 5.38. The van der Waals surface area contributed by atoms with Gasteiger partial charge in [-0.15, -0.1) is 0 Å². The number of carboxylic acid groups (broad SMARTS) is 1. The molecule has 0 heterocycles. The van der Waals surface area contributed by atoms with E-state index in [1.807, 2.05) is 0 Å². The highest BCUT2D eigenvalue weighted by atomic mass is 16.4. The van der Waals surface area contributed by atoms with Gasteiger partial charge in [-0.3, -0.25) is 0 Å². The van der Waals surface area contributed by atoms with Crippen molar-refractivity contribution in [2.45, 2.75) is 64.0 Å². The monoisotopic (exact) mass is 286 g/mol. The molecule has 3 N–H and O–H groups in total. The van der Waals surface area contributed by atoms with Crippen molar-refractivity contribution in [3.05, 3.63) is 0 Å². The van der Waals surface area contributed by atoms with Crippen LogP contribution in [0.1, 0.15) is 52.4 Å². The molecule has 0 atom stereocenters. The van der Waals surface area contributed by atoms with E-state index in [-0.39, 0.29) is 18.7 Å². The van der Waals surface area contributed by atoms with E-state index >= 15 is 0 Å². The SMILES string of the molecule is CCC(CC)(NC(=O)N(CCCO)C1CCC1)C(=O)O. The van der Waals surface area contributed by atoms with E-state index in [4.69, 9.17) is 5.11 Å². The van der Waals surface area contributed by atoms with Crippen molar-refractivity contribution in [3.63, 3.8) is 0 Å². The van der Waals surface area contributed by atoms with Crippen molar-refractivity contribution in [1.82, 2.24) is 10.2 Å². The zero-order valence-corrected chi connectivity index (χ0v) is 12.4. The molecule has 1 aliphatic carbocycles. The molecule has 20 heavy (non-hydrogen) atoms. The molecule has 0 aliphatic heterocycles.